The van der Waals surface area contributed by atoms with Gasteiger partial charge in [0.2, 0.25) is 0 Å². The van der Waals surface area contributed by atoms with Crippen molar-refractivity contribution in [2.75, 3.05) is 0 Å². The topological polar surface area (TPSA) is 28.7 Å². The second-order valence-electron chi connectivity index (χ2n) is 6.78. The molecule has 0 saturated carbocycles. The average Bonchev–Trinajstić information content (AvgIpc) is 3.15. The summed E-state index contributed by atoms with van der Waals surface area (Å²) in [4.78, 5) is 7.99. The molecule has 0 bridgehead atoms. The Labute approximate surface area is 137 Å². The monoisotopic (exact) mass is 382 g/mol. The fourth-order valence-electron chi connectivity index (χ4n) is 3.58. The fourth-order valence-corrected chi connectivity index (χ4v) is 19.5. The molecule has 2 nitrogen and oxygen atoms in total. The molecule has 2 aromatic carbocycles. The molecule has 0 spiro atoms. The molecule has 0 atom stereocenters. The van der Waals surface area contributed by atoms with Crippen LogP contribution >= 0.6 is 0 Å². The van der Waals surface area contributed by atoms with Gasteiger partial charge in [-0.1, -0.05) is 0 Å². The summed E-state index contributed by atoms with van der Waals surface area (Å²) in [5, 5.41) is 1.67. The van der Waals surface area contributed by atoms with Crippen molar-refractivity contribution in [2.24, 2.45) is 0 Å². The molecule has 0 saturated heterocycles. The quantitative estimate of drug-likeness (QED) is 0.540. The van der Waals surface area contributed by atoms with Crippen LogP contribution in [-0.2, 0) is 25.8 Å². The molecule has 1 aromatic heterocycles. The summed E-state index contributed by atoms with van der Waals surface area (Å²) < 4.78 is 6.39. The molecule has 3 aromatic rings. The van der Waals surface area contributed by atoms with Crippen LogP contribution in [0, 0.1) is 0 Å². The first-order chi connectivity index (χ1) is 10.6. The van der Waals surface area contributed by atoms with Crippen molar-refractivity contribution in [3.8, 4) is 11.1 Å². The van der Waals surface area contributed by atoms with Gasteiger partial charge in [0.15, 0.2) is 0 Å². The van der Waals surface area contributed by atoms with E-state index in [-0.39, 0.29) is 6.65 Å². The third-order valence-electron chi connectivity index (χ3n) is 4.72. The number of imidazole rings is 1. The van der Waals surface area contributed by atoms with E-state index >= 15 is 0 Å². The van der Waals surface area contributed by atoms with Gasteiger partial charge in [-0.25, -0.2) is 0 Å². The molecule has 0 fully saturated rings. The first-order valence-corrected chi connectivity index (χ1v) is 20.6. The molecule has 0 amide bonds. The van der Waals surface area contributed by atoms with Crippen LogP contribution in [0.25, 0.3) is 11.1 Å². The van der Waals surface area contributed by atoms with Crippen LogP contribution in [-0.4, -0.2) is 16.6 Å². The summed E-state index contributed by atoms with van der Waals surface area (Å²) in [5.41, 5.74) is 6.01. The third-order valence-corrected chi connectivity index (χ3v) is 21.8. The molecule has 0 radical (unpaired) electrons. The second-order valence-corrected chi connectivity index (χ2v) is 31.4. The van der Waals surface area contributed by atoms with E-state index in [1.54, 1.807) is 10.8 Å². The molecule has 4 rings (SSSR count). The average molecular weight is 384 g/mol. The second kappa shape index (κ2) is 5.43. The van der Waals surface area contributed by atoms with E-state index in [1.807, 2.05) is 12.4 Å². The van der Waals surface area contributed by atoms with Crippen molar-refractivity contribution in [1.29, 1.82) is 0 Å². The Balaban J connectivity index is 1.74. The summed E-state index contributed by atoms with van der Waals surface area (Å²) in [6.07, 6.45) is 5.01. The first-order valence-electron chi connectivity index (χ1n) is 7.84. The molecule has 22 heavy (non-hydrogen) atoms. The minimum atomic E-state index is -2.26. The van der Waals surface area contributed by atoms with E-state index in [0.29, 0.717) is 0 Å². The Morgan fingerprint density at radius 3 is 2.68 bits per heavy atom. The summed E-state index contributed by atoms with van der Waals surface area (Å²) in [6.45, 7) is -0.273. The minimum absolute atomic E-state index is 0.273. The molecule has 110 valence electrons. The Morgan fingerprint density at radius 2 is 1.86 bits per heavy atom. The molecule has 1 heterocycles. The van der Waals surface area contributed by atoms with Gasteiger partial charge in [-0.15, -0.1) is 0 Å². The summed E-state index contributed by atoms with van der Waals surface area (Å²) in [6, 6.07) is 15.8. The molecule has 4 heteroatoms. The molecular formula is C18H20N2SiZr. The number of aromatic nitrogens is 2. The van der Waals surface area contributed by atoms with Crippen molar-refractivity contribution in [1.82, 2.24) is 9.97 Å². The molecule has 0 aliphatic heterocycles. The van der Waals surface area contributed by atoms with E-state index in [9.17, 15) is 0 Å². The summed E-state index contributed by atoms with van der Waals surface area (Å²) in [5.74, 6) is 0. The van der Waals surface area contributed by atoms with Gasteiger partial charge in [0.05, 0.1) is 0 Å². The van der Waals surface area contributed by atoms with Crippen LogP contribution in [0.3, 0.4) is 0 Å². The van der Waals surface area contributed by atoms with Gasteiger partial charge < -0.3 is 0 Å². The standard InChI is InChI=1S/C13H11Si.C3H3N2.2CH3.Zr/c14-13-7-3-6-11-10-5-2-1-4-9(10)8-12(11)13;1-2-5-3-4-1;;;/h1-7H,8,14H2;1-2H,(H,4,5);2*1H3;. The maximum atomic E-state index is 4.59. The number of hydrogen-bond acceptors (Lipinski definition) is 1. The number of H-pyrrole nitrogens is 1. The predicted molar refractivity (Wildman–Crippen MR) is 92.8 cm³/mol. The van der Waals surface area contributed by atoms with Crippen LogP contribution in [0.1, 0.15) is 11.1 Å². The zero-order valence-electron chi connectivity index (χ0n) is 13.1. The van der Waals surface area contributed by atoms with Gasteiger partial charge in [-0.3, -0.25) is 0 Å². The molecular weight excluding hydrogens is 364 g/mol. The van der Waals surface area contributed by atoms with Crippen molar-refractivity contribution in [2.45, 2.75) is 15.7 Å². The number of aromatic amines is 1. The summed E-state index contributed by atoms with van der Waals surface area (Å²) in [7, 11) is 0. The van der Waals surface area contributed by atoms with E-state index in [4.69, 9.17) is 0 Å². The van der Waals surface area contributed by atoms with Crippen molar-refractivity contribution < 1.29 is 19.4 Å². The van der Waals surface area contributed by atoms with Crippen molar-refractivity contribution in [3.05, 3.63) is 66.0 Å². The third kappa shape index (κ3) is 2.39. The molecule has 0 unspecified atom stereocenters. The van der Waals surface area contributed by atoms with E-state index in [2.05, 4.69) is 61.7 Å². The van der Waals surface area contributed by atoms with Gasteiger partial charge in [0, 0.05) is 0 Å². The zero-order valence-corrected chi connectivity index (χ0v) is 16.9. The number of rotatable bonds is 3. The number of nitrogens with one attached hydrogen (secondary N) is 1. The Hall–Kier alpha value is -1.25. The van der Waals surface area contributed by atoms with Crippen LogP contribution in [0.4, 0.5) is 0 Å². The Morgan fingerprint density at radius 1 is 1.05 bits per heavy atom. The van der Waals surface area contributed by atoms with Gasteiger partial charge in [-0.2, -0.15) is 0 Å². The van der Waals surface area contributed by atoms with Gasteiger partial charge >= 0.3 is 138 Å². The molecule has 1 aliphatic rings. The van der Waals surface area contributed by atoms with Crippen molar-refractivity contribution >= 4 is 15.4 Å². The van der Waals surface area contributed by atoms with Crippen LogP contribution < -0.4 is 8.72 Å². The molecule has 1 N–H and O–H groups in total. The Bertz CT molecular complexity index is 825. The SMILES string of the molecule is [CH3][Zr]([CH3])([SiH2]c1cccc2c1Cc1ccccc1-2)[c]1ncc[nH]1. The van der Waals surface area contributed by atoms with E-state index in [1.165, 1.54) is 20.2 Å². The first kappa shape index (κ1) is 14.3. The van der Waals surface area contributed by atoms with Crippen LogP contribution in [0.5, 0.6) is 0 Å². The van der Waals surface area contributed by atoms with Crippen LogP contribution in [0.2, 0.25) is 9.26 Å². The normalized spacial score (nSPS) is 13.5. The van der Waals surface area contributed by atoms with E-state index in [0.717, 1.165) is 6.42 Å². The van der Waals surface area contributed by atoms with E-state index < -0.39 is 19.4 Å². The van der Waals surface area contributed by atoms with Gasteiger partial charge in [0.1, 0.15) is 0 Å². The summed E-state index contributed by atoms with van der Waals surface area (Å²) >= 11 is -2.26. The van der Waals surface area contributed by atoms with Crippen molar-refractivity contribution in [3.63, 3.8) is 0 Å². The predicted octanol–water partition coefficient (Wildman–Crippen LogP) is 2.27. The number of hydrogen-bond donors (Lipinski definition) is 1. The fraction of sp³-hybridized carbons (Fsp3) is 0.167. The maximum absolute atomic E-state index is 4.59. The number of benzene rings is 2. The number of fused-ring (bicyclic) bond motifs is 3. The number of nitrogens with zero attached hydrogens (tertiary/aromatic N) is 1. The zero-order chi connectivity index (χ0) is 15.2. The van der Waals surface area contributed by atoms with Crippen LogP contribution in [0.15, 0.2) is 54.9 Å². The van der Waals surface area contributed by atoms with Gasteiger partial charge in [0.25, 0.3) is 0 Å². The Kier molecular flexibility index (Phi) is 3.54. The van der Waals surface area contributed by atoms with Gasteiger partial charge in [-0.05, 0) is 0 Å². The molecule has 1 aliphatic carbocycles.